The summed E-state index contributed by atoms with van der Waals surface area (Å²) >= 11 is 0. The predicted octanol–water partition coefficient (Wildman–Crippen LogP) is 2.69. The Labute approximate surface area is 76.8 Å². The van der Waals surface area contributed by atoms with Crippen molar-refractivity contribution in [3.05, 3.63) is 35.9 Å². The van der Waals surface area contributed by atoms with Crippen LogP contribution in [0.15, 0.2) is 35.9 Å². The van der Waals surface area contributed by atoms with Gasteiger partial charge in [-0.25, -0.2) is 0 Å². The fourth-order valence-electron chi connectivity index (χ4n) is 1.43. The van der Waals surface area contributed by atoms with Gasteiger partial charge in [0, 0.05) is 16.6 Å². The highest BCUT2D eigenvalue weighted by atomic mass is 16.2. The van der Waals surface area contributed by atoms with Crippen molar-refractivity contribution in [2.24, 2.45) is 0 Å². The highest BCUT2D eigenvalue weighted by molar-refractivity contribution is 6.02. The van der Waals surface area contributed by atoms with E-state index in [0.717, 1.165) is 16.6 Å². The van der Waals surface area contributed by atoms with Crippen molar-refractivity contribution in [1.82, 2.24) is 4.57 Å². The van der Waals surface area contributed by atoms with Gasteiger partial charge < -0.3 is 0 Å². The van der Waals surface area contributed by atoms with Crippen molar-refractivity contribution in [3.8, 4) is 0 Å². The van der Waals surface area contributed by atoms with E-state index in [1.165, 1.54) is 0 Å². The van der Waals surface area contributed by atoms with Gasteiger partial charge in [0.15, 0.2) is 0 Å². The first-order valence-electron chi connectivity index (χ1n) is 4.31. The number of carbonyl (C=O) groups is 1. The Morgan fingerprint density at radius 3 is 2.08 bits per heavy atom. The van der Waals surface area contributed by atoms with Gasteiger partial charge in [-0.3, -0.25) is 9.36 Å². The van der Waals surface area contributed by atoms with Gasteiger partial charge in [-0.05, 0) is 38.1 Å². The van der Waals surface area contributed by atoms with Gasteiger partial charge in [0.2, 0.25) is 0 Å². The number of rotatable bonds is 1. The third-order valence-electron chi connectivity index (χ3n) is 2.34. The molecule has 0 N–H and O–H groups in total. The standard InChI is InChI=1S/C11H11NO/c1-3-8(2)11(13)12-9-4-5-10(12)7-6-9/h3-7H,1-2H3/b8-3+. The van der Waals surface area contributed by atoms with Gasteiger partial charge >= 0.3 is 0 Å². The SMILES string of the molecule is C/C=C(\C)C(=O)n1c2ccc1cc2. The Bertz CT molecular complexity index is 416. The fourth-order valence-corrected chi connectivity index (χ4v) is 1.43. The molecule has 0 aliphatic rings. The zero-order valence-electron chi connectivity index (χ0n) is 7.74. The molecule has 0 aliphatic carbocycles. The highest BCUT2D eigenvalue weighted by Crippen LogP contribution is 2.18. The van der Waals surface area contributed by atoms with Gasteiger partial charge in [-0.1, -0.05) is 6.08 Å². The Hall–Kier alpha value is -1.57. The monoisotopic (exact) mass is 173 g/mol. The minimum atomic E-state index is 0.0718. The van der Waals surface area contributed by atoms with E-state index in [0.29, 0.717) is 0 Å². The Morgan fingerprint density at radius 2 is 1.69 bits per heavy atom. The van der Waals surface area contributed by atoms with Crippen LogP contribution >= 0.6 is 0 Å². The first-order chi connectivity index (χ1) is 6.24. The highest BCUT2D eigenvalue weighted by Gasteiger charge is 2.11. The normalized spacial score (nSPS) is 12.6. The number of hydrogen-bond donors (Lipinski definition) is 0. The molecule has 2 heterocycles. The van der Waals surface area contributed by atoms with Crippen molar-refractivity contribution < 1.29 is 4.79 Å². The third kappa shape index (κ3) is 1.06. The summed E-state index contributed by atoms with van der Waals surface area (Å²) in [5, 5.41) is 0. The summed E-state index contributed by atoms with van der Waals surface area (Å²) in [5.74, 6) is 0.0718. The predicted molar refractivity (Wildman–Crippen MR) is 53.2 cm³/mol. The number of benzene rings is 1. The van der Waals surface area contributed by atoms with Gasteiger partial charge in [0.1, 0.15) is 0 Å². The summed E-state index contributed by atoms with van der Waals surface area (Å²) in [6.45, 7) is 3.71. The van der Waals surface area contributed by atoms with Crippen LogP contribution in [0.3, 0.4) is 0 Å². The molecule has 0 aromatic carbocycles. The van der Waals surface area contributed by atoms with Crippen LogP contribution < -0.4 is 0 Å². The quantitative estimate of drug-likeness (QED) is 0.608. The van der Waals surface area contributed by atoms with Crippen LogP contribution in [0.25, 0.3) is 11.0 Å². The lowest BCUT2D eigenvalue weighted by Crippen LogP contribution is -2.09. The summed E-state index contributed by atoms with van der Waals surface area (Å²) in [4.78, 5) is 11.8. The van der Waals surface area contributed by atoms with Crippen molar-refractivity contribution in [3.63, 3.8) is 0 Å². The number of aromatic nitrogens is 1. The van der Waals surface area contributed by atoms with E-state index in [4.69, 9.17) is 0 Å². The molecule has 2 aromatic heterocycles. The molecular formula is C11H11NO. The average Bonchev–Trinajstić information content (AvgIpc) is 2.74. The van der Waals surface area contributed by atoms with Crippen molar-refractivity contribution in [2.45, 2.75) is 13.8 Å². The van der Waals surface area contributed by atoms with Crippen LogP contribution in [0.5, 0.6) is 0 Å². The molecular weight excluding hydrogens is 162 g/mol. The van der Waals surface area contributed by atoms with Crippen LogP contribution in [-0.4, -0.2) is 10.5 Å². The number of carbonyl (C=O) groups excluding carboxylic acids is 1. The Morgan fingerprint density at radius 1 is 1.23 bits per heavy atom. The minimum Gasteiger partial charge on any atom is -0.277 e. The number of nitrogens with zero attached hydrogens (tertiary/aromatic N) is 1. The van der Waals surface area contributed by atoms with Crippen LogP contribution in [0.4, 0.5) is 0 Å². The largest absolute Gasteiger partial charge is 0.277 e. The molecule has 0 radical (unpaired) electrons. The molecule has 0 saturated carbocycles. The van der Waals surface area contributed by atoms with Crippen molar-refractivity contribution in [2.75, 3.05) is 0 Å². The summed E-state index contributed by atoms with van der Waals surface area (Å²) < 4.78 is 1.73. The van der Waals surface area contributed by atoms with Gasteiger partial charge in [-0.15, -0.1) is 0 Å². The molecule has 2 bridgehead atoms. The van der Waals surface area contributed by atoms with E-state index in [1.807, 2.05) is 44.2 Å². The average molecular weight is 173 g/mol. The molecule has 0 saturated heterocycles. The van der Waals surface area contributed by atoms with E-state index >= 15 is 0 Å². The van der Waals surface area contributed by atoms with Gasteiger partial charge in [0.25, 0.3) is 5.91 Å². The zero-order valence-corrected chi connectivity index (χ0v) is 7.74. The maximum Gasteiger partial charge on any atom is 0.258 e. The first-order valence-corrected chi connectivity index (χ1v) is 4.31. The fraction of sp³-hybridized carbons (Fsp3) is 0.182. The van der Waals surface area contributed by atoms with E-state index in [9.17, 15) is 4.79 Å². The molecule has 13 heavy (non-hydrogen) atoms. The Balaban J connectivity index is 2.54. The number of allylic oxidation sites excluding steroid dienone is 2. The third-order valence-corrected chi connectivity index (χ3v) is 2.34. The molecule has 2 rings (SSSR count). The van der Waals surface area contributed by atoms with Crippen molar-refractivity contribution in [1.29, 1.82) is 0 Å². The van der Waals surface area contributed by atoms with Crippen LogP contribution in [-0.2, 0) is 0 Å². The zero-order chi connectivity index (χ0) is 9.42. The molecule has 0 fully saturated rings. The Kier molecular flexibility index (Phi) is 1.69. The molecule has 0 unspecified atom stereocenters. The summed E-state index contributed by atoms with van der Waals surface area (Å²) in [6, 6.07) is 7.82. The van der Waals surface area contributed by atoms with E-state index in [2.05, 4.69) is 0 Å². The summed E-state index contributed by atoms with van der Waals surface area (Å²) in [5.41, 5.74) is 2.73. The van der Waals surface area contributed by atoms with Crippen LogP contribution in [0.2, 0.25) is 0 Å². The van der Waals surface area contributed by atoms with Gasteiger partial charge in [0.05, 0.1) is 0 Å². The molecule has 0 amide bonds. The second-order valence-electron chi connectivity index (χ2n) is 3.13. The maximum absolute atomic E-state index is 11.8. The molecule has 0 aliphatic heterocycles. The van der Waals surface area contributed by atoms with Gasteiger partial charge in [-0.2, -0.15) is 0 Å². The topological polar surface area (TPSA) is 22.0 Å². The van der Waals surface area contributed by atoms with Crippen LogP contribution in [0.1, 0.15) is 18.6 Å². The molecule has 0 spiro atoms. The van der Waals surface area contributed by atoms with E-state index < -0.39 is 0 Å². The summed E-state index contributed by atoms with van der Waals surface area (Å²) in [6.07, 6.45) is 1.83. The summed E-state index contributed by atoms with van der Waals surface area (Å²) in [7, 11) is 0. The minimum absolute atomic E-state index is 0.0718. The first kappa shape index (κ1) is 8.05. The second-order valence-corrected chi connectivity index (χ2v) is 3.13. The lowest BCUT2D eigenvalue weighted by atomic mass is 10.3. The second kappa shape index (κ2) is 2.73. The lowest BCUT2D eigenvalue weighted by Gasteiger charge is -2.01. The van der Waals surface area contributed by atoms with Crippen molar-refractivity contribution >= 4 is 16.9 Å². The smallest absolute Gasteiger partial charge is 0.258 e. The number of fused-ring (bicyclic) bond motifs is 2. The lowest BCUT2D eigenvalue weighted by molar-refractivity contribution is 0.0965. The van der Waals surface area contributed by atoms with Crippen LogP contribution in [0, 0.1) is 0 Å². The maximum atomic E-state index is 11.8. The molecule has 2 aromatic rings. The molecule has 2 nitrogen and oxygen atoms in total. The van der Waals surface area contributed by atoms with E-state index in [1.54, 1.807) is 4.57 Å². The molecule has 0 atom stereocenters. The number of hydrogen-bond acceptors (Lipinski definition) is 1. The molecule has 66 valence electrons. The molecule has 2 heteroatoms. The van der Waals surface area contributed by atoms with E-state index in [-0.39, 0.29) is 5.91 Å².